The van der Waals surface area contributed by atoms with Gasteiger partial charge in [-0.05, 0) is 13.3 Å². The molecule has 0 spiro atoms. The lowest BCUT2D eigenvalue weighted by atomic mass is 10.2. The predicted molar refractivity (Wildman–Crippen MR) is 70.2 cm³/mol. The van der Waals surface area contributed by atoms with Crippen molar-refractivity contribution in [3.05, 3.63) is 17.5 Å². The van der Waals surface area contributed by atoms with Crippen molar-refractivity contribution in [2.75, 3.05) is 6.54 Å². The van der Waals surface area contributed by atoms with E-state index in [1.807, 2.05) is 20.2 Å². The van der Waals surface area contributed by atoms with E-state index in [1.54, 1.807) is 4.68 Å². The van der Waals surface area contributed by atoms with Crippen LogP contribution in [-0.4, -0.2) is 39.1 Å². The molecule has 0 saturated carbocycles. The summed E-state index contributed by atoms with van der Waals surface area (Å²) < 4.78 is 1.77. The average molecular weight is 264 g/mol. The number of amides is 2. The maximum atomic E-state index is 11.9. The third kappa shape index (κ3) is 2.68. The number of likely N-dealkylation sites (N-methyl/N-ethyl adjacent to an activating group) is 1. The Kier molecular flexibility index (Phi) is 3.99. The van der Waals surface area contributed by atoms with E-state index < -0.39 is 6.04 Å². The molecule has 1 aliphatic heterocycles. The third-order valence-electron chi connectivity index (χ3n) is 3.43. The summed E-state index contributed by atoms with van der Waals surface area (Å²) in [4.78, 5) is 24.9. The molecule has 2 heterocycles. The van der Waals surface area contributed by atoms with Gasteiger partial charge in [0.25, 0.3) is 0 Å². The SMILES string of the molecule is CCc1nn(C)cc1CNC1CC(=O)N(CC)C1=O. The molecule has 0 radical (unpaired) electrons. The largest absolute Gasteiger partial charge is 0.301 e. The number of hydrogen-bond acceptors (Lipinski definition) is 4. The second-order valence-corrected chi connectivity index (χ2v) is 4.74. The first-order valence-corrected chi connectivity index (χ1v) is 6.65. The number of hydrogen-bond donors (Lipinski definition) is 1. The van der Waals surface area contributed by atoms with Gasteiger partial charge in [-0.3, -0.25) is 19.2 Å². The fraction of sp³-hybridized carbons (Fsp3) is 0.615. The molecule has 0 aromatic carbocycles. The Morgan fingerprint density at radius 1 is 1.42 bits per heavy atom. The quantitative estimate of drug-likeness (QED) is 0.773. The minimum absolute atomic E-state index is 0.0908. The Bertz CT molecular complexity index is 495. The van der Waals surface area contributed by atoms with Crippen LogP contribution in [0.15, 0.2) is 6.20 Å². The maximum Gasteiger partial charge on any atom is 0.246 e. The highest BCUT2D eigenvalue weighted by molar-refractivity contribution is 6.05. The molecule has 0 aliphatic carbocycles. The molecule has 6 nitrogen and oxygen atoms in total. The molecular weight excluding hydrogens is 244 g/mol. The van der Waals surface area contributed by atoms with Crippen molar-refractivity contribution in [1.82, 2.24) is 20.0 Å². The van der Waals surface area contributed by atoms with E-state index in [0.29, 0.717) is 13.1 Å². The Morgan fingerprint density at radius 2 is 2.16 bits per heavy atom. The zero-order valence-corrected chi connectivity index (χ0v) is 11.6. The minimum Gasteiger partial charge on any atom is -0.301 e. The van der Waals surface area contributed by atoms with Gasteiger partial charge in [0.15, 0.2) is 0 Å². The van der Waals surface area contributed by atoms with Gasteiger partial charge in [0.1, 0.15) is 0 Å². The fourth-order valence-corrected chi connectivity index (χ4v) is 2.44. The number of nitrogens with zero attached hydrogens (tertiary/aromatic N) is 3. The van der Waals surface area contributed by atoms with Crippen molar-refractivity contribution in [2.45, 2.75) is 39.3 Å². The summed E-state index contributed by atoms with van der Waals surface area (Å²) in [6, 6.07) is -0.391. The van der Waals surface area contributed by atoms with Crippen LogP contribution in [0.25, 0.3) is 0 Å². The number of aromatic nitrogens is 2. The monoisotopic (exact) mass is 264 g/mol. The first kappa shape index (κ1) is 13.7. The van der Waals surface area contributed by atoms with Crippen molar-refractivity contribution < 1.29 is 9.59 Å². The van der Waals surface area contributed by atoms with Gasteiger partial charge in [-0.1, -0.05) is 6.92 Å². The van der Waals surface area contributed by atoms with E-state index in [4.69, 9.17) is 0 Å². The minimum atomic E-state index is -0.391. The van der Waals surface area contributed by atoms with Crippen molar-refractivity contribution in [1.29, 1.82) is 0 Å². The molecule has 1 saturated heterocycles. The summed E-state index contributed by atoms with van der Waals surface area (Å²) in [5.41, 5.74) is 2.11. The Morgan fingerprint density at radius 3 is 2.74 bits per heavy atom. The molecule has 1 aliphatic rings. The van der Waals surface area contributed by atoms with Crippen LogP contribution in [0.3, 0.4) is 0 Å². The van der Waals surface area contributed by atoms with Gasteiger partial charge < -0.3 is 5.32 Å². The van der Waals surface area contributed by atoms with Crippen molar-refractivity contribution in [3.8, 4) is 0 Å². The van der Waals surface area contributed by atoms with Gasteiger partial charge in [-0.2, -0.15) is 5.10 Å². The van der Waals surface area contributed by atoms with Crippen LogP contribution in [0.1, 0.15) is 31.5 Å². The van der Waals surface area contributed by atoms with E-state index in [0.717, 1.165) is 17.7 Å². The van der Waals surface area contributed by atoms with E-state index in [-0.39, 0.29) is 18.2 Å². The fourth-order valence-electron chi connectivity index (χ4n) is 2.44. The van der Waals surface area contributed by atoms with Crippen LogP contribution in [0.2, 0.25) is 0 Å². The van der Waals surface area contributed by atoms with Crippen LogP contribution in [0.4, 0.5) is 0 Å². The molecule has 1 aromatic heterocycles. The van der Waals surface area contributed by atoms with Crippen LogP contribution >= 0.6 is 0 Å². The van der Waals surface area contributed by atoms with Crippen LogP contribution < -0.4 is 5.32 Å². The molecular formula is C13H20N4O2. The Labute approximate surface area is 112 Å². The zero-order valence-electron chi connectivity index (χ0n) is 11.6. The summed E-state index contributed by atoms with van der Waals surface area (Å²) >= 11 is 0. The predicted octanol–water partition coefficient (Wildman–Crippen LogP) is 0.219. The van der Waals surface area contributed by atoms with Gasteiger partial charge >= 0.3 is 0 Å². The molecule has 6 heteroatoms. The Hall–Kier alpha value is -1.69. The number of aryl methyl sites for hydroxylation is 2. The lowest BCUT2D eigenvalue weighted by Gasteiger charge is -2.12. The van der Waals surface area contributed by atoms with Crippen LogP contribution in [0, 0.1) is 0 Å². The number of carbonyl (C=O) groups is 2. The van der Waals surface area contributed by atoms with Gasteiger partial charge in [-0.15, -0.1) is 0 Å². The van der Waals surface area contributed by atoms with Gasteiger partial charge in [-0.25, -0.2) is 0 Å². The second kappa shape index (κ2) is 5.52. The smallest absolute Gasteiger partial charge is 0.246 e. The van der Waals surface area contributed by atoms with Crippen molar-refractivity contribution in [3.63, 3.8) is 0 Å². The van der Waals surface area contributed by atoms with Crippen molar-refractivity contribution >= 4 is 11.8 Å². The molecule has 1 fully saturated rings. The lowest BCUT2D eigenvalue weighted by molar-refractivity contribution is -0.138. The van der Waals surface area contributed by atoms with Crippen LogP contribution in [-0.2, 0) is 29.6 Å². The highest BCUT2D eigenvalue weighted by Gasteiger charge is 2.37. The third-order valence-corrected chi connectivity index (χ3v) is 3.43. The second-order valence-electron chi connectivity index (χ2n) is 4.74. The van der Waals surface area contributed by atoms with E-state index in [9.17, 15) is 9.59 Å². The molecule has 1 atom stereocenters. The lowest BCUT2D eigenvalue weighted by Crippen LogP contribution is -2.38. The first-order valence-electron chi connectivity index (χ1n) is 6.65. The van der Waals surface area contributed by atoms with Crippen molar-refractivity contribution in [2.24, 2.45) is 7.05 Å². The topological polar surface area (TPSA) is 67.2 Å². The molecule has 1 aromatic rings. The number of nitrogens with one attached hydrogen (secondary N) is 1. The highest BCUT2D eigenvalue weighted by Crippen LogP contribution is 2.14. The molecule has 1 unspecified atom stereocenters. The standard InChI is InChI=1S/C13H20N4O2/c1-4-10-9(8-16(3)15-10)7-14-11-6-12(18)17(5-2)13(11)19/h8,11,14H,4-7H2,1-3H3. The Balaban J connectivity index is 1.99. The van der Waals surface area contributed by atoms with Gasteiger partial charge in [0, 0.05) is 31.9 Å². The number of rotatable bonds is 5. The summed E-state index contributed by atoms with van der Waals surface area (Å²) in [6.07, 6.45) is 3.07. The zero-order chi connectivity index (χ0) is 14.0. The van der Waals surface area contributed by atoms with E-state index in [1.165, 1.54) is 4.90 Å². The molecule has 0 bridgehead atoms. The van der Waals surface area contributed by atoms with Crippen LogP contribution in [0.5, 0.6) is 0 Å². The number of likely N-dealkylation sites (tertiary alicyclic amines) is 1. The number of imide groups is 1. The summed E-state index contributed by atoms with van der Waals surface area (Å²) in [7, 11) is 1.88. The molecule has 19 heavy (non-hydrogen) atoms. The molecule has 2 rings (SSSR count). The molecule has 104 valence electrons. The van der Waals surface area contributed by atoms with Gasteiger partial charge in [0.2, 0.25) is 11.8 Å². The summed E-state index contributed by atoms with van der Waals surface area (Å²) in [6.45, 7) is 4.88. The van der Waals surface area contributed by atoms with E-state index >= 15 is 0 Å². The first-order chi connectivity index (χ1) is 9.06. The summed E-state index contributed by atoms with van der Waals surface area (Å²) in [5, 5.41) is 7.52. The highest BCUT2D eigenvalue weighted by atomic mass is 16.2. The normalized spacial score (nSPS) is 19.5. The van der Waals surface area contributed by atoms with E-state index in [2.05, 4.69) is 17.3 Å². The van der Waals surface area contributed by atoms with Gasteiger partial charge in [0.05, 0.1) is 18.2 Å². The maximum absolute atomic E-state index is 11.9. The molecule has 1 N–H and O–H groups in total. The molecule has 2 amide bonds. The summed E-state index contributed by atoms with van der Waals surface area (Å²) in [5.74, 6) is -0.207. The average Bonchev–Trinajstić information content (AvgIpc) is 2.87. The number of carbonyl (C=O) groups excluding carboxylic acids is 2.